The monoisotopic (exact) mass is 492 g/mol. The van der Waals surface area contributed by atoms with Crippen LogP contribution in [0.5, 0.6) is 11.5 Å². The van der Waals surface area contributed by atoms with Gasteiger partial charge in [-0.25, -0.2) is 0 Å². The predicted octanol–water partition coefficient (Wildman–Crippen LogP) is 4.31. The van der Waals surface area contributed by atoms with Crippen molar-refractivity contribution in [2.45, 2.75) is 0 Å². The molecule has 0 radical (unpaired) electrons. The van der Waals surface area contributed by atoms with Crippen LogP contribution in [0.15, 0.2) is 51.8 Å². The second-order valence-electron chi connectivity index (χ2n) is 5.94. The van der Waals surface area contributed by atoms with Crippen LogP contribution in [0.25, 0.3) is 6.08 Å². The third-order valence-electron chi connectivity index (χ3n) is 3.99. The van der Waals surface area contributed by atoms with Crippen LogP contribution in [-0.2, 0) is 9.59 Å². The molecule has 0 aliphatic carbocycles. The van der Waals surface area contributed by atoms with Crippen molar-refractivity contribution in [2.75, 3.05) is 26.1 Å². The first kappa shape index (κ1) is 21.4. The molecular formula is C20H17BrN2O4S2. The Morgan fingerprint density at radius 3 is 2.66 bits per heavy atom. The molecule has 9 heteroatoms. The van der Waals surface area contributed by atoms with E-state index in [0.717, 1.165) is 21.8 Å². The standard InChI is InChI=1S/C20H17BrN2O4S2/c1-26-15-7-6-12(8-16(15)27-2)9-17-19(25)23(20(28)29-17)11-18(24)22-14-5-3-4-13(21)10-14/h3-10H,11H2,1-2H3,(H,22,24)/b17-9-. The van der Waals surface area contributed by atoms with Crippen LogP contribution < -0.4 is 14.8 Å². The predicted molar refractivity (Wildman–Crippen MR) is 122 cm³/mol. The fraction of sp³-hybridized carbons (Fsp3) is 0.150. The maximum Gasteiger partial charge on any atom is 0.266 e. The van der Waals surface area contributed by atoms with Crippen molar-refractivity contribution in [3.8, 4) is 11.5 Å². The molecule has 1 aliphatic rings. The largest absolute Gasteiger partial charge is 0.493 e. The quantitative estimate of drug-likeness (QED) is 0.478. The number of carbonyl (C=O) groups is 2. The molecule has 29 heavy (non-hydrogen) atoms. The molecule has 0 atom stereocenters. The van der Waals surface area contributed by atoms with Crippen LogP contribution in [0.3, 0.4) is 0 Å². The van der Waals surface area contributed by atoms with Gasteiger partial charge in [-0.05, 0) is 42.0 Å². The number of methoxy groups -OCH3 is 2. The van der Waals surface area contributed by atoms with Gasteiger partial charge in [0.15, 0.2) is 11.5 Å². The van der Waals surface area contributed by atoms with Crippen LogP contribution in [0.2, 0.25) is 0 Å². The van der Waals surface area contributed by atoms with Crippen LogP contribution >= 0.6 is 39.9 Å². The van der Waals surface area contributed by atoms with E-state index in [2.05, 4.69) is 21.2 Å². The van der Waals surface area contributed by atoms with Gasteiger partial charge >= 0.3 is 0 Å². The molecule has 6 nitrogen and oxygen atoms in total. The molecule has 0 unspecified atom stereocenters. The molecule has 2 aromatic rings. The number of thioether (sulfide) groups is 1. The summed E-state index contributed by atoms with van der Waals surface area (Å²) in [5, 5.41) is 2.76. The number of thiocarbonyl (C=S) groups is 1. The smallest absolute Gasteiger partial charge is 0.266 e. The topological polar surface area (TPSA) is 67.9 Å². The molecule has 0 spiro atoms. The minimum Gasteiger partial charge on any atom is -0.493 e. The van der Waals surface area contributed by atoms with Gasteiger partial charge in [-0.1, -0.05) is 52.0 Å². The summed E-state index contributed by atoms with van der Waals surface area (Å²) in [6.45, 7) is -0.152. The number of nitrogens with zero attached hydrogens (tertiary/aromatic N) is 1. The van der Waals surface area contributed by atoms with Crippen molar-refractivity contribution in [3.05, 3.63) is 57.4 Å². The molecule has 2 amide bonds. The number of benzene rings is 2. The van der Waals surface area contributed by atoms with E-state index in [1.165, 1.54) is 4.90 Å². The lowest BCUT2D eigenvalue weighted by Crippen LogP contribution is -2.36. The Hall–Kier alpha value is -2.36. The molecule has 150 valence electrons. The normalized spacial score (nSPS) is 15.0. The number of rotatable bonds is 6. The SMILES string of the molecule is COc1ccc(/C=C2\SC(=S)N(CC(=O)Nc3cccc(Br)c3)C2=O)cc1OC. The second-order valence-corrected chi connectivity index (χ2v) is 8.53. The average Bonchev–Trinajstić information content (AvgIpc) is 2.95. The van der Waals surface area contributed by atoms with Crippen molar-refractivity contribution in [1.29, 1.82) is 0 Å². The molecule has 3 rings (SSSR count). The fourth-order valence-corrected chi connectivity index (χ4v) is 4.29. The van der Waals surface area contributed by atoms with Gasteiger partial charge in [-0.15, -0.1) is 0 Å². The van der Waals surface area contributed by atoms with Crippen molar-refractivity contribution in [3.63, 3.8) is 0 Å². The number of hydrogen-bond donors (Lipinski definition) is 1. The molecule has 0 bridgehead atoms. The number of halogens is 1. The van der Waals surface area contributed by atoms with Crippen molar-refractivity contribution >= 4 is 67.8 Å². The first-order valence-corrected chi connectivity index (χ1v) is 10.5. The highest BCUT2D eigenvalue weighted by Crippen LogP contribution is 2.34. The van der Waals surface area contributed by atoms with E-state index in [1.807, 2.05) is 18.2 Å². The van der Waals surface area contributed by atoms with E-state index < -0.39 is 0 Å². The van der Waals surface area contributed by atoms with Crippen molar-refractivity contribution in [2.24, 2.45) is 0 Å². The molecule has 2 aromatic carbocycles. The lowest BCUT2D eigenvalue weighted by atomic mass is 10.2. The van der Waals surface area contributed by atoms with Crippen LogP contribution in [0.1, 0.15) is 5.56 Å². The van der Waals surface area contributed by atoms with E-state index in [9.17, 15) is 9.59 Å². The third kappa shape index (κ3) is 5.17. The van der Waals surface area contributed by atoms with Gasteiger partial charge in [0.05, 0.1) is 19.1 Å². The first-order valence-electron chi connectivity index (χ1n) is 8.44. The second kappa shape index (κ2) is 9.43. The summed E-state index contributed by atoms with van der Waals surface area (Å²) in [6.07, 6.45) is 1.72. The summed E-state index contributed by atoms with van der Waals surface area (Å²) in [7, 11) is 3.10. The maximum absolute atomic E-state index is 12.7. The number of carbonyl (C=O) groups excluding carboxylic acids is 2. The summed E-state index contributed by atoms with van der Waals surface area (Å²) in [5.74, 6) is 0.525. The first-order chi connectivity index (χ1) is 13.9. The summed E-state index contributed by atoms with van der Waals surface area (Å²) in [6, 6.07) is 12.6. The zero-order chi connectivity index (χ0) is 21.0. The summed E-state index contributed by atoms with van der Waals surface area (Å²) in [4.78, 5) is 26.8. The van der Waals surface area contributed by atoms with E-state index in [-0.39, 0.29) is 18.4 Å². The summed E-state index contributed by atoms with van der Waals surface area (Å²) >= 11 is 9.81. The summed E-state index contributed by atoms with van der Waals surface area (Å²) in [5.41, 5.74) is 1.40. The van der Waals surface area contributed by atoms with E-state index in [0.29, 0.717) is 26.4 Å². The minimum absolute atomic E-state index is 0.152. The Kier molecular flexibility index (Phi) is 6.94. The van der Waals surface area contributed by atoms with Gasteiger partial charge < -0.3 is 14.8 Å². The Morgan fingerprint density at radius 2 is 1.97 bits per heavy atom. The highest BCUT2D eigenvalue weighted by Gasteiger charge is 2.33. The maximum atomic E-state index is 12.7. The summed E-state index contributed by atoms with van der Waals surface area (Å²) < 4.78 is 11.7. The van der Waals surface area contributed by atoms with Crippen molar-refractivity contribution in [1.82, 2.24) is 4.90 Å². The Bertz CT molecular complexity index is 1010. The molecule has 1 N–H and O–H groups in total. The average molecular weight is 493 g/mol. The molecule has 1 saturated heterocycles. The van der Waals surface area contributed by atoms with E-state index in [4.69, 9.17) is 21.7 Å². The molecular weight excluding hydrogens is 476 g/mol. The van der Waals surface area contributed by atoms with Crippen molar-refractivity contribution < 1.29 is 19.1 Å². The van der Waals surface area contributed by atoms with Gasteiger partial charge in [0.2, 0.25) is 5.91 Å². The van der Waals surface area contributed by atoms with Gasteiger partial charge in [-0.2, -0.15) is 0 Å². The lowest BCUT2D eigenvalue weighted by molar-refractivity contribution is -0.126. The third-order valence-corrected chi connectivity index (χ3v) is 5.86. The molecule has 0 saturated carbocycles. The van der Waals surface area contributed by atoms with Crippen LogP contribution in [0.4, 0.5) is 5.69 Å². The molecule has 1 fully saturated rings. The van der Waals surface area contributed by atoms with Gasteiger partial charge in [0, 0.05) is 10.2 Å². The van der Waals surface area contributed by atoms with Crippen LogP contribution in [0, 0.1) is 0 Å². The minimum atomic E-state index is -0.327. The number of ether oxygens (including phenoxy) is 2. The Morgan fingerprint density at radius 1 is 1.21 bits per heavy atom. The highest BCUT2D eigenvalue weighted by atomic mass is 79.9. The molecule has 0 aromatic heterocycles. The molecule has 1 aliphatic heterocycles. The zero-order valence-electron chi connectivity index (χ0n) is 15.6. The number of hydrogen-bond acceptors (Lipinski definition) is 6. The van der Waals surface area contributed by atoms with Crippen LogP contribution in [-0.4, -0.2) is 41.8 Å². The molecule has 1 heterocycles. The van der Waals surface area contributed by atoms with E-state index >= 15 is 0 Å². The Balaban J connectivity index is 1.72. The van der Waals surface area contributed by atoms with Gasteiger partial charge in [0.1, 0.15) is 10.9 Å². The van der Waals surface area contributed by atoms with E-state index in [1.54, 1.807) is 44.6 Å². The fourth-order valence-electron chi connectivity index (χ4n) is 2.64. The number of nitrogens with one attached hydrogen (secondary N) is 1. The Labute approximate surface area is 186 Å². The lowest BCUT2D eigenvalue weighted by Gasteiger charge is -2.14. The number of anilines is 1. The highest BCUT2D eigenvalue weighted by molar-refractivity contribution is 9.10. The van der Waals surface area contributed by atoms with Gasteiger partial charge in [0.25, 0.3) is 5.91 Å². The number of amides is 2. The zero-order valence-corrected chi connectivity index (χ0v) is 18.8. The van der Waals surface area contributed by atoms with Gasteiger partial charge in [-0.3, -0.25) is 14.5 Å².